The minimum atomic E-state index is -0.543. The molecule has 0 N–H and O–H groups in total. The largest absolute Gasteiger partial charge is 0.350 e. The summed E-state index contributed by atoms with van der Waals surface area (Å²) in [6.07, 6.45) is 8.41. The Labute approximate surface area is 110 Å². The van der Waals surface area contributed by atoms with E-state index < -0.39 is 5.60 Å². The van der Waals surface area contributed by atoms with Gasteiger partial charge in [0.2, 0.25) is 5.12 Å². The van der Waals surface area contributed by atoms with Gasteiger partial charge in [0.25, 0.3) is 0 Å². The van der Waals surface area contributed by atoms with E-state index >= 15 is 0 Å². The van der Waals surface area contributed by atoms with Crippen molar-refractivity contribution in [1.29, 1.82) is 0 Å². The minimum Gasteiger partial charge on any atom is -0.350 e. The molecule has 1 rings (SSSR count). The number of carbonyl (C=O) groups is 1. The zero-order chi connectivity index (χ0) is 12.9. The van der Waals surface area contributed by atoms with E-state index in [4.69, 9.17) is 4.74 Å². The highest BCUT2D eigenvalue weighted by Gasteiger charge is 2.48. The molecule has 1 heterocycles. The predicted octanol–water partition coefficient (Wildman–Crippen LogP) is 4.52. The molecule has 17 heavy (non-hydrogen) atoms. The van der Waals surface area contributed by atoms with Crippen LogP contribution in [0, 0.1) is 0 Å². The highest BCUT2D eigenvalue weighted by Crippen LogP contribution is 2.44. The number of hydrogen-bond donors (Lipinski definition) is 0. The maximum Gasteiger partial charge on any atom is 0.223 e. The maximum atomic E-state index is 11.9. The van der Waals surface area contributed by atoms with E-state index in [1.807, 2.05) is 20.8 Å². The summed E-state index contributed by atoms with van der Waals surface area (Å²) in [6.45, 7) is 8.12. The summed E-state index contributed by atoms with van der Waals surface area (Å²) in [7, 11) is 0. The third kappa shape index (κ3) is 4.63. The molecule has 0 aromatic heterocycles. The van der Waals surface area contributed by atoms with Crippen LogP contribution in [0.15, 0.2) is 0 Å². The molecule has 3 heteroatoms. The van der Waals surface area contributed by atoms with Crippen molar-refractivity contribution in [2.75, 3.05) is 0 Å². The Balaban J connectivity index is 2.24. The quantitative estimate of drug-likeness (QED) is 0.628. The summed E-state index contributed by atoms with van der Waals surface area (Å²) in [5.74, 6) is 0. The van der Waals surface area contributed by atoms with Gasteiger partial charge in [-0.2, -0.15) is 0 Å². The van der Waals surface area contributed by atoms with E-state index in [1.54, 1.807) is 0 Å². The fourth-order valence-electron chi connectivity index (χ4n) is 2.33. The first-order chi connectivity index (χ1) is 7.90. The molecule has 0 aromatic rings. The molecule has 0 bridgehead atoms. The van der Waals surface area contributed by atoms with E-state index in [0.29, 0.717) is 0 Å². The van der Waals surface area contributed by atoms with Gasteiger partial charge in [0, 0.05) is 0 Å². The van der Waals surface area contributed by atoms with Gasteiger partial charge in [0.05, 0.1) is 0 Å². The second-order valence-corrected chi connectivity index (χ2v) is 7.20. The van der Waals surface area contributed by atoms with Crippen molar-refractivity contribution in [3.05, 3.63) is 0 Å². The van der Waals surface area contributed by atoms with Crippen LogP contribution in [0.4, 0.5) is 0 Å². The Bertz CT molecular complexity index is 263. The van der Waals surface area contributed by atoms with Gasteiger partial charge in [-0.25, -0.2) is 0 Å². The lowest BCUT2D eigenvalue weighted by molar-refractivity contribution is -0.136. The van der Waals surface area contributed by atoms with Crippen LogP contribution in [0.1, 0.15) is 72.6 Å². The second kappa shape index (κ2) is 6.24. The van der Waals surface area contributed by atoms with Crippen molar-refractivity contribution in [3.63, 3.8) is 0 Å². The number of rotatable bonds is 7. The molecule has 0 amide bonds. The first kappa shape index (κ1) is 15.0. The molecule has 1 aliphatic rings. The molecule has 0 saturated carbocycles. The predicted molar refractivity (Wildman–Crippen MR) is 74.2 cm³/mol. The topological polar surface area (TPSA) is 26.3 Å². The van der Waals surface area contributed by atoms with Crippen LogP contribution in [0.5, 0.6) is 0 Å². The standard InChI is InChI=1S/C14H26O2S/c1-5-6-7-8-9-10-11-14(4)12(15)17-13(2,3)16-14/h5-11H2,1-4H3. The molecule has 1 aliphatic heterocycles. The molecule has 0 aliphatic carbocycles. The van der Waals surface area contributed by atoms with Gasteiger partial charge in [-0.3, -0.25) is 4.79 Å². The van der Waals surface area contributed by atoms with Crippen molar-refractivity contribution < 1.29 is 9.53 Å². The van der Waals surface area contributed by atoms with Crippen LogP contribution >= 0.6 is 11.8 Å². The summed E-state index contributed by atoms with van der Waals surface area (Å²) < 4.78 is 5.89. The van der Waals surface area contributed by atoms with Gasteiger partial charge in [0.1, 0.15) is 10.5 Å². The highest BCUT2D eigenvalue weighted by molar-refractivity contribution is 8.15. The average Bonchev–Trinajstić information content (AvgIpc) is 2.41. The van der Waals surface area contributed by atoms with Crippen LogP contribution in [0.25, 0.3) is 0 Å². The van der Waals surface area contributed by atoms with Crippen LogP contribution in [-0.4, -0.2) is 15.6 Å². The third-order valence-corrected chi connectivity index (χ3v) is 4.44. The number of carbonyl (C=O) groups excluding carboxylic acids is 1. The molecule has 1 saturated heterocycles. The summed E-state index contributed by atoms with van der Waals surface area (Å²) in [5.41, 5.74) is -0.543. The lowest BCUT2D eigenvalue weighted by Gasteiger charge is -2.24. The SMILES string of the molecule is CCCCCCCCC1(C)OC(C)(C)SC1=O. The lowest BCUT2D eigenvalue weighted by Crippen LogP contribution is -2.33. The van der Waals surface area contributed by atoms with E-state index in [1.165, 1.54) is 43.9 Å². The van der Waals surface area contributed by atoms with Gasteiger partial charge in [-0.05, 0) is 27.2 Å². The van der Waals surface area contributed by atoms with Crippen LogP contribution in [0.3, 0.4) is 0 Å². The Kier molecular flexibility index (Phi) is 5.52. The van der Waals surface area contributed by atoms with E-state index in [0.717, 1.165) is 12.8 Å². The number of hydrogen-bond acceptors (Lipinski definition) is 3. The van der Waals surface area contributed by atoms with Gasteiger partial charge in [-0.15, -0.1) is 0 Å². The highest BCUT2D eigenvalue weighted by atomic mass is 32.2. The van der Waals surface area contributed by atoms with Crippen LogP contribution in [-0.2, 0) is 9.53 Å². The van der Waals surface area contributed by atoms with Crippen molar-refractivity contribution >= 4 is 16.9 Å². The van der Waals surface area contributed by atoms with Gasteiger partial charge in [-0.1, -0.05) is 57.2 Å². The van der Waals surface area contributed by atoms with Gasteiger partial charge in [0.15, 0.2) is 0 Å². The Hall–Kier alpha value is -0.0200. The Morgan fingerprint density at radius 1 is 1.06 bits per heavy atom. The summed E-state index contributed by atoms with van der Waals surface area (Å²) in [6, 6.07) is 0. The fraction of sp³-hybridized carbons (Fsp3) is 0.929. The molecule has 1 unspecified atom stereocenters. The molecular formula is C14H26O2S. The minimum absolute atomic E-state index is 0.205. The molecule has 0 spiro atoms. The molecule has 1 fully saturated rings. The maximum absolute atomic E-state index is 11.9. The number of thioether (sulfide) groups is 1. The Morgan fingerprint density at radius 3 is 2.18 bits per heavy atom. The number of unbranched alkanes of at least 4 members (excludes halogenated alkanes) is 5. The molecule has 1 atom stereocenters. The number of ether oxygens (including phenoxy) is 1. The zero-order valence-electron chi connectivity index (χ0n) is 11.7. The average molecular weight is 258 g/mol. The normalized spacial score (nSPS) is 27.6. The van der Waals surface area contributed by atoms with Crippen molar-refractivity contribution in [3.8, 4) is 0 Å². The van der Waals surface area contributed by atoms with E-state index in [9.17, 15) is 4.79 Å². The van der Waals surface area contributed by atoms with E-state index in [-0.39, 0.29) is 10.0 Å². The van der Waals surface area contributed by atoms with Crippen LogP contribution < -0.4 is 0 Å². The monoisotopic (exact) mass is 258 g/mol. The molecule has 0 aromatic carbocycles. The molecule has 2 nitrogen and oxygen atoms in total. The van der Waals surface area contributed by atoms with Gasteiger partial charge < -0.3 is 4.74 Å². The zero-order valence-corrected chi connectivity index (χ0v) is 12.5. The van der Waals surface area contributed by atoms with Gasteiger partial charge >= 0.3 is 0 Å². The van der Waals surface area contributed by atoms with E-state index in [2.05, 4.69) is 6.92 Å². The second-order valence-electron chi connectivity index (χ2n) is 5.64. The summed E-state index contributed by atoms with van der Waals surface area (Å²) >= 11 is 1.34. The molecule has 100 valence electrons. The summed E-state index contributed by atoms with van der Waals surface area (Å²) in [5, 5.41) is 0.205. The third-order valence-electron chi connectivity index (χ3n) is 3.25. The van der Waals surface area contributed by atoms with Crippen molar-refractivity contribution in [2.45, 2.75) is 83.2 Å². The van der Waals surface area contributed by atoms with Crippen molar-refractivity contribution in [1.82, 2.24) is 0 Å². The fourth-order valence-corrected chi connectivity index (χ4v) is 3.36. The molecule has 0 radical (unpaired) electrons. The first-order valence-corrected chi connectivity index (χ1v) is 7.65. The molecular weight excluding hydrogens is 232 g/mol. The Morgan fingerprint density at radius 2 is 1.65 bits per heavy atom. The first-order valence-electron chi connectivity index (χ1n) is 6.83. The smallest absolute Gasteiger partial charge is 0.223 e. The van der Waals surface area contributed by atoms with Crippen molar-refractivity contribution in [2.24, 2.45) is 0 Å². The summed E-state index contributed by atoms with van der Waals surface area (Å²) in [4.78, 5) is 11.6. The lowest BCUT2D eigenvalue weighted by atomic mass is 9.98. The van der Waals surface area contributed by atoms with Crippen LogP contribution in [0.2, 0.25) is 0 Å².